The number of hydrogen-bond donors (Lipinski definition) is 4. The molecule has 4 aromatic rings. The Balaban J connectivity index is 1.11. The summed E-state index contributed by atoms with van der Waals surface area (Å²) in [6, 6.07) is 24.3. The van der Waals surface area contributed by atoms with Gasteiger partial charge in [0.2, 0.25) is 5.95 Å². The first-order chi connectivity index (χ1) is 22.4. The number of imidazole rings is 1. The van der Waals surface area contributed by atoms with Crippen molar-refractivity contribution in [2.75, 3.05) is 38.2 Å². The maximum absolute atomic E-state index is 11.3. The standard InChI is InChI=1S/C37H46N4O5/c1-36(44)33(43)32(24-42)46-34(36)41-30-13-7-6-12-29(30)39-35(41)38-23-26-14-15-28(27-10-4-2-5-11-27)31(22-26)45-21-18-37(16-17-37)25-40-19-8-3-9-20-40/h2,4-7,10-15,22,32-34,42-44H,3,8-9,16-21,23-25H2,1H3,(H,38,39)/t32-,33-,34-,36?/m1/s1. The van der Waals surface area contributed by atoms with Crippen molar-refractivity contribution < 1.29 is 24.8 Å². The number of aliphatic hydroxyl groups excluding tert-OH is 2. The topological polar surface area (TPSA) is 112 Å². The lowest BCUT2D eigenvalue weighted by Gasteiger charge is -2.30. The quantitative estimate of drug-likeness (QED) is 0.167. The third-order valence-electron chi connectivity index (χ3n) is 10.2. The first-order valence-corrected chi connectivity index (χ1v) is 16.8. The molecule has 9 nitrogen and oxygen atoms in total. The van der Waals surface area contributed by atoms with Gasteiger partial charge >= 0.3 is 0 Å². The molecule has 7 rings (SSSR count). The van der Waals surface area contributed by atoms with Crippen molar-refractivity contribution in [3.05, 3.63) is 78.4 Å². The molecule has 9 heteroatoms. The molecule has 3 fully saturated rings. The highest BCUT2D eigenvalue weighted by molar-refractivity contribution is 5.79. The average molecular weight is 627 g/mol. The van der Waals surface area contributed by atoms with Gasteiger partial charge in [-0.2, -0.15) is 0 Å². The number of rotatable bonds is 12. The molecule has 1 aliphatic carbocycles. The Morgan fingerprint density at radius 2 is 1.76 bits per heavy atom. The molecule has 46 heavy (non-hydrogen) atoms. The first kappa shape index (κ1) is 31.1. The molecule has 4 atom stereocenters. The lowest BCUT2D eigenvalue weighted by atomic mass is 9.96. The van der Waals surface area contributed by atoms with Gasteiger partial charge in [-0.05, 0) is 86.9 Å². The summed E-state index contributed by atoms with van der Waals surface area (Å²) in [5.41, 5.74) is 3.45. The monoisotopic (exact) mass is 626 g/mol. The van der Waals surface area contributed by atoms with E-state index < -0.39 is 30.6 Å². The molecule has 2 saturated heterocycles. The fourth-order valence-electron chi connectivity index (χ4n) is 7.24. The molecule has 1 saturated carbocycles. The minimum absolute atomic E-state index is 0.397. The summed E-state index contributed by atoms with van der Waals surface area (Å²) >= 11 is 0. The normalized spacial score (nSPS) is 26.0. The number of hydrogen-bond acceptors (Lipinski definition) is 8. The molecule has 0 spiro atoms. The van der Waals surface area contributed by atoms with Gasteiger partial charge in [0.25, 0.3) is 0 Å². The number of aromatic nitrogens is 2. The molecule has 3 aliphatic rings. The highest BCUT2D eigenvalue weighted by Crippen LogP contribution is 2.50. The van der Waals surface area contributed by atoms with E-state index in [2.05, 4.69) is 52.7 Å². The third kappa shape index (κ3) is 6.27. The zero-order valence-electron chi connectivity index (χ0n) is 26.6. The van der Waals surface area contributed by atoms with Crippen molar-refractivity contribution in [1.82, 2.24) is 14.5 Å². The molecule has 1 aromatic heterocycles. The van der Waals surface area contributed by atoms with Crippen LogP contribution in [0.1, 0.15) is 57.2 Å². The first-order valence-electron chi connectivity index (χ1n) is 16.8. The van der Waals surface area contributed by atoms with E-state index in [0.717, 1.165) is 39.9 Å². The van der Waals surface area contributed by atoms with E-state index in [9.17, 15) is 15.3 Å². The predicted octanol–water partition coefficient (Wildman–Crippen LogP) is 5.35. The summed E-state index contributed by atoms with van der Waals surface area (Å²) in [5, 5.41) is 35.2. The molecule has 4 N–H and O–H groups in total. The maximum Gasteiger partial charge on any atom is 0.206 e. The molecule has 0 radical (unpaired) electrons. The van der Waals surface area contributed by atoms with Gasteiger partial charge in [-0.1, -0.05) is 61.0 Å². The summed E-state index contributed by atoms with van der Waals surface area (Å²) in [5.74, 6) is 1.36. The SMILES string of the molecule is CC1(O)[C@H](O)[C@@H](CO)O[C@H]1n1c(NCc2ccc(-c3ccccc3)c(OCCC3(CN4CCCCC4)CC3)c2)nc2ccccc21. The summed E-state index contributed by atoms with van der Waals surface area (Å²) in [6.45, 7) is 5.92. The van der Waals surface area contributed by atoms with Gasteiger partial charge in [-0.3, -0.25) is 4.57 Å². The van der Waals surface area contributed by atoms with Crippen LogP contribution in [0.3, 0.4) is 0 Å². The summed E-state index contributed by atoms with van der Waals surface area (Å²) < 4.78 is 14.4. The van der Waals surface area contributed by atoms with Crippen LogP contribution in [0.4, 0.5) is 5.95 Å². The fourth-order valence-corrected chi connectivity index (χ4v) is 7.24. The molecule has 2 aliphatic heterocycles. The van der Waals surface area contributed by atoms with E-state index in [0.29, 0.717) is 24.5 Å². The Hall–Kier alpha value is -3.47. The van der Waals surface area contributed by atoms with Crippen molar-refractivity contribution in [3.63, 3.8) is 0 Å². The van der Waals surface area contributed by atoms with Crippen molar-refractivity contribution in [2.24, 2.45) is 5.41 Å². The second-order valence-electron chi connectivity index (χ2n) is 13.7. The Bertz CT molecular complexity index is 1630. The van der Waals surface area contributed by atoms with Crippen LogP contribution < -0.4 is 10.1 Å². The number of nitrogens with one attached hydrogen (secondary N) is 1. The van der Waals surface area contributed by atoms with Crippen LogP contribution in [0.25, 0.3) is 22.2 Å². The summed E-state index contributed by atoms with van der Waals surface area (Å²) in [4.78, 5) is 7.47. The lowest BCUT2D eigenvalue weighted by molar-refractivity contribution is -0.0939. The maximum atomic E-state index is 11.3. The van der Waals surface area contributed by atoms with Gasteiger partial charge in [0.1, 0.15) is 23.6 Å². The zero-order valence-corrected chi connectivity index (χ0v) is 26.6. The number of anilines is 1. The van der Waals surface area contributed by atoms with Crippen molar-refractivity contribution in [1.29, 1.82) is 0 Å². The lowest BCUT2D eigenvalue weighted by Crippen LogP contribution is -2.44. The molecular formula is C37H46N4O5. The van der Waals surface area contributed by atoms with Gasteiger partial charge in [0, 0.05) is 18.7 Å². The Kier molecular flexibility index (Phi) is 8.78. The molecule has 244 valence electrons. The number of para-hydroxylation sites is 2. The van der Waals surface area contributed by atoms with Gasteiger partial charge in [-0.25, -0.2) is 4.98 Å². The molecule has 0 amide bonds. The zero-order chi connectivity index (χ0) is 31.7. The molecule has 3 aromatic carbocycles. The van der Waals surface area contributed by atoms with E-state index in [4.69, 9.17) is 14.5 Å². The number of nitrogens with zero attached hydrogens (tertiary/aromatic N) is 3. The fraction of sp³-hybridized carbons (Fsp3) is 0.486. The molecule has 0 bridgehead atoms. The molecule has 3 heterocycles. The Labute approximate surface area is 270 Å². The number of fused-ring (bicyclic) bond motifs is 1. The Morgan fingerprint density at radius 3 is 2.50 bits per heavy atom. The average Bonchev–Trinajstić information content (AvgIpc) is 3.67. The van der Waals surface area contributed by atoms with Crippen LogP contribution in [-0.2, 0) is 11.3 Å². The number of benzene rings is 3. The van der Waals surface area contributed by atoms with Crippen LogP contribution in [0.5, 0.6) is 5.75 Å². The van der Waals surface area contributed by atoms with Gasteiger partial charge in [-0.15, -0.1) is 0 Å². The summed E-state index contributed by atoms with van der Waals surface area (Å²) in [6.07, 6.45) is 4.53. The highest BCUT2D eigenvalue weighted by Gasteiger charge is 2.53. The van der Waals surface area contributed by atoms with Crippen LogP contribution in [-0.4, -0.2) is 80.4 Å². The van der Waals surface area contributed by atoms with Gasteiger partial charge in [0.15, 0.2) is 6.23 Å². The van der Waals surface area contributed by atoms with Crippen LogP contribution in [0.2, 0.25) is 0 Å². The van der Waals surface area contributed by atoms with E-state index in [1.165, 1.54) is 58.7 Å². The number of likely N-dealkylation sites (tertiary alicyclic amines) is 1. The van der Waals surface area contributed by atoms with E-state index in [1.807, 2.05) is 30.3 Å². The van der Waals surface area contributed by atoms with Crippen LogP contribution in [0, 0.1) is 5.41 Å². The predicted molar refractivity (Wildman–Crippen MR) is 179 cm³/mol. The minimum atomic E-state index is -1.64. The van der Waals surface area contributed by atoms with Crippen molar-refractivity contribution >= 4 is 17.0 Å². The highest BCUT2D eigenvalue weighted by atomic mass is 16.6. The van der Waals surface area contributed by atoms with Crippen LogP contribution >= 0.6 is 0 Å². The second kappa shape index (κ2) is 13.0. The third-order valence-corrected chi connectivity index (χ3v) is 10.2. The summed E-state index contributed by atoms with van der Waals surface area (Å²) in [7, 11) is 0. The largest absolute Gasteiger partial charge is 0.493 e. The molecular weight excluding hydrogens is 580 g/mol. The van der Waals surface area contributed by atoms with E-state index in [1.54, 1.807) is 4.57 Å². The van der Waals surface area contributed by atoms with Crippen molar-refractivity contribution in [2.45, 2.75) is 76.0 Å². The van der Waals surface area contributed by atoms with E-state index in [-0.39, 0.29) is 0 Å². The number of ether oxygens (including phenoxy) is 2. The van der Waals surface area contributed by atoms with Gasteiger partial charge < -0.3 is 35.0 Å². The minimum Gasteiger partial charge on any atom is -0.493 e. The second-order valence-corrected chi connectivity index (χ2v) is 13.7. The number of aliphatic hydroxyl groups is 3. The van der Waals surface area contributed by atoms with Crippen molar-refractivity contribution in [3.8, 4) is 16.9 Å². The Morgan fingerprint density at radius 1 is 1.00 bits per heavy atom. The van der Waals surface area contributed by atoms with Gasteiger partial charge in [0.05, 0.1) is 24.2 Å². The molecule has 1 unspecified atom stereocenters. The van der Waals surface area contributed by atoms with Crippen LogP contribution in [0.15, 0.2) is 72.8 Å². The van der Waals surface area contributed by atoms with E-state index >= 15 is 0 Å². The smallest absolute Gasteiger partial charge is 0.206 e. The number of piperidine rings is 1.